The van der Waals surface area contributed by atoms with E-state index in [0.717, 1.165) is 12.1 Å². The van der Waals surface area contributed by atoms with E-state index >= 15 is 0 Å². The summed E-state index contributed by atoms with van der Waals surface area (Å²) in [5.41, 5.74) is 0.672. The van der Waals surface area contributed by atoms with Gasteiger partial charge in [-0.15, -0.1) is 0 Å². The molecule has 1 N–H and O–H groups in total. The Hall–Kier alpha value is -1.75. The Morgan fingerprint density at radius 1 is 1.18 bits per heavy atom. The van der Waals surface area contributed by atoms with Gasteiger partial charge < -0.3 is 9.52 Å². The average Bonchev–Trinajstić information content (AvgIpc) is 2.77. The van der Waals surface area contributed by atoms with Crippen LogP contribution in [0.25, 0.3) is 0 Å². The maximum atomic E-state index is 12.9. The molecule has 0 saturated heterocycles. The standard InChI is InChI=1S/C12H9F3O2/c13-9-4-8(5-10(14)12(9)15)11(16)3-7-1-2-17-6-7/h1-2,4-6,11,16H,3H2. The summed E-state index contributed by atoms with van der Waals surface area (Å²) < 4.78 is 43.4. The van der Waals surface area contributed by atoms with Crippen LogP contribution in [0, 0.1) is 17.5 Å². The summed E-state index contributed by atoms with van der Waals surface area (Å²) in [7, 11) is 0. The maximum Gasteiger partial charge on any atom is 0.194 e. The SMILES string of the molecule is OC(Cc1ccoc1)c1cc(F)c(F)c(F)c1. The van der Waals surface area contributed by atoms with Crippen LogP contribution in [0.5, 0.6) is 0 Å². The van der Waals surface area contributed by atoms with Crippen LogP contribution in [0.15, 0.2) is 35.1 Å². The van der Waals surface area contributed by atoms with Gasteiger partial charge >= 0.3 is 0 Å². The van der Waals surface area contributed by atoms with E-state index in [1.54, 1.807) is 6.07 Å². The number of furan rings is 1. The van der Waals surface area contributed by atoms with E-state index in [1.807, 2.05) is 0 Å². The van der Waals surface area contributed by atoms with Gasteiger partial charge in [0.25, 0.3) is 0 Å². The van der Waals surface area contributed by atoms with Crippen molar-refractivity contribution in [2.45, 2.75) is 12.5 Å². The monoisotopic (exact) mass is 242 g/mol. The predicted molar refractivity (Wildman–Crippen MR) is 53.7 cm³/mol. The molecule has 5 heteroatoms. The van der Waals surface area contributed by atoms with Gasteiger partial charge in [0.15, 0.2) is 17.5 Å². The Kier molecular flexibility index (Phi) is 3.19. The summed E-state index contributed by atoms with van der Waals surface area (Å²) in [4.78, 5) is 0. The van der Waals surface area contributed by atoms with Crippen LogP contribution in [0.3, 0.4) is 0 Å². The van der Waals surface area contributed by atoms with E-state index in [1.165, 1.54) is 12.5 Å². The van der Waals surface area contributed by atoms with Gasteiger partial charge in [-0.05, 0) is 29.3 Å². The smallest absolute Gasteiger partial charge is 0.194 e. The molecule has 0 amide bonds. The van der Waals surface area contributed by atoms with Crippen molar-refractivity contribution in [2.24, 2.45) is 0 Å². The number of benzene rings is 1. The lowest BCUT2D eigenvalue weighted by atomic mass is 10.0. The lowest BCUT2D eigenvalue weighted by Crippen LogP contribution is -2.04. The van der Waals surface area contributed by atoms with Crippen molar-refractivity contribution in [1.82, 2.24) is 0 Å². The van der Waals surface area contributed by atoms with Crippen molar-refractivity contribution in [3.63, 3.8) is 0 Å². The van der Waals surface area contributed by atoms with Gasteiger partial charge in [-0.25, -0.2) is 13.2 Å². The lowest BCUT2D eigenvalue weighted by Gasteiger charge is -2.10. The molecule has 0 aliphatic carbocycles. The molecule has 1 atom stereocenters. The zero-order valence-electron chi connectivity index (χ0n) is 8.66. The molecule has 0 spiro atoms. The average molecular weight is 242 g/mol. The third-order valence-electron chi connectivity index (χ3n) is 2.40. The van der Waals surface area contributed by atoms with Crippen LogP contribution in [0.2, 0.25) is 0 Å². The van der Waals surface area contributed by atoms with Crippen molar-refractivity contribution < 1.29 is 22.7 Å². The highest BCUT2D eigenvalue weighted by Gasteiger charge is 2.16. The fourth-order valence-electron chi connectivity index (χ4n) is 1.52. The number of aliphatic hydroxyl groups excluding tert-OH is 1. The van der Waals surface area contributed by atoms with Gasteiger partial charge in [-0.1, -0.05) is 0 Å². The van der Waals surface area contributed by atoms with Gasteiger partial charge in [0.05, 0.1) is 18.6 Å². The molecule has 1 aromatic heterocycles. The minimum atomic E-state index is -1.54. The first-order valence-corrected chi connectivity index (χ1v) is 4.91. The van der Waals surface area contributed by atoms with E-state index in [2.05, 4.69) is 0 Å². The van der Waals surface area contributed by atoms with Crippen molar-refractivity contribution in [3.8, 4) is 0 Å². The molecule has 1 heterocycles. The molecule has 0 radical (unpaired) electrons. The Morgan fingerprint density at radius 3 is 2.35 bits per heavy atom. The fourth-order valence-corrected chi connectivity index (χ4v) is 1.52. The second kappa shape index (κ2) is 4.63. The first-order chi connectivity index (χ1) is 8.08. The molecule has 0 saturated carbocycles. The maximum absolute atomic E-state index is 12.9. The summed E-state index contributed by atoms with van der Waals surface area (Å²) >= 11 is 0. The summed E-state index contributed by atoms with van der Waals surface area (Å²) in [6, 6.07) is 3.19. The Balaban J connectivity index is 2.22. The Morgan fingerprint density at radius 2 is 1.82 bits per heavy atom. The molecular weight excluding hydrogens is 233 g/mol. The predicted octanol–water partition coefficient (Wildman–Crippen LogP) is 2.97. The van der Waals surface area contributed by atoms with Crippen LogP contribution >= 0.6 is 0 Å². The van der Waals surface area contributed by atoms with E-state index in [-0.39, 0.29) is 12.0 Å². The molecule has 90 valence electrons. The summed E-state index contributed by atoms with van der Waals surface area (Å²) in [5.74, 6) is -4.17. The largest absolute Gasteiger partial charge is 0.472 e. The third kappa shape index (κ3) is 2.50. The molecular formula is C12H9F3O2. The first-order valence-electron chi connectivity index (χ1n) is 4.91. The molecule has 0 fully saturated rings. The molecule has 1 aromatic carbocycles. The lowest BCUT2D eigenvalue weighted by molar-refractivity contribution is 0.177. The van der Waals surface area contributed by atoms with E-state index in [9.17, 15) is 18.3 Å². The molecule has 2 nitrogen and oxygen atoms in total. The van der Waals surface area contributed by atoms with Crippen molar-refractivity contribution in [2.75, 3.05) is 0 Å². The second-order valence-electron chi connectivity index (χ2n) is 3.65. The highest BCUT2D eigenvalue weighted by Crippen LogP contribution is 2.22. The van der Waals surface area contributed by atoms with Crippen molar-refractivity contribution >= 4 is 0 Å². The molecule has 2 rings (SSSR count). The van der Waals surface area contributed by atoms with Gasteiger partial charge in [0, 0.05) is 6.42 Å². The van der Waals surface area contributed by atoms with E-state index in [4.69, 9.17) is 4.42 Å². The molecule has 2 aromatic rings. The zero-order valence-corrected chi connectivity index (χ0v) is 8.66. The Labute approximate surface area is 95.3 Å². The van der Waals surface area contributed by atoms with E-state index in [0.29, 0.717) is 5.56 Å². The van der Waals surface area contributed by atoms with Gasteiger partial charge in [0.1, 0.15) is 0 Å². The number of hydrogen-bond donors (Lipinski definition) is 1. The minimum Gasteiger partial charge on any atom is -0.472 e. The topological polar surface area (TPSA) is 33.4 Å². The van der Waals surface area contributed by atoms with Gasteiger partial charge in [-0.2, -0.15) is 0 Å². The van der Waals surface area contributed by atoms with Gasteiger partial charge in [-0.3, -0.25) is 0 Å². The Bertz CT molecular complexity index is 485. The zero-order chi connectivity index (χ0) is 12.4. The fraction of sp³-hybridized carbons (Fsp3) is 0.167. The summed E-state index contributed by atoms with van der Waals surface area (Å²) in [5, 5.41) is 9.73. The third-order valence-corrected chi connectivity index (χ3v) is 2.40. The number of hydrogen-bond acceptors (Lipinski definition) is 2. The molecule has 1 unspecified atom stereocenters. The first kappa shape index (κ1) is 11.7. The second-order valence-corrected chi connectivity index (χ2v) is 3.65. The van der Waals surface area contributed by atoms with Crippen molar-refractivity contribution in [3.05, 3.63) is 59.3 Å². The normalized spacial score (nSPS) is 12.7. The molecule has 17 heavy (non-hydrogen) atoms. The van der Waals surface area contributed by atoms with Crippen molar-refractivity contribution in [1.29, 1.82) is 0 Å². The van der Waals surface area contributed by atoms with E-state index < -0.39 is 23.6 Å². The molecule has 0 bridgehead atoms. The summed E-state index contributed by atoms with van der Waals surface area (Å²) in [6.45, 7) is 0. The quantitative estimate of drug-likeness (QED) is 0.839. The number of halogens is 3. The van der Waals surface area contributed by atoms with Crippen LogP contribution < -0.4 is 0 Å². The van der Waals surface area contributed by atoms with Crippen LogP contribution in [0.1, 0.15) is 17.2 Å². The summed E-state index contributed by atoms with van der Waals surface area (Å²) in [6.07, 6.45) is 1.87. The molecule has 0 aliphatic heterocycles. The number of aliphatic hydroxyl groups is 1. The van der Waals surface area contributed by atoms with Crippen LogP contribution in [-0.2, 0) is 6.42 Å². The highest BCUT2D eigenvalue weighted by atomic mass is 19.2. The van der Waals surface area contributed by atoms with Gasteiger partial charge in [0.2, 0.25) is 0 Å². The number of rotatable bonds is 3. The van der Waals surface area contributed by atoms with Crippen LogP contribution in [-0.4, -0.2) is 5.11 Å². The van der Waals surface area contributed by atoms with Crippen LogP contribution in [0.4, 0.5) is 13.2 Å². The molecule has 0 aliphatic rings. The highest BCUT2D eigenvalue weighted by molar-refractivity contribution is 5.23. The minimum absolute atomic E-state index is 0.0115.